The highest BCUT2D eigenvalue weighted by Crippen LogP contribution is 2.30. The maximum absolute atomic E-state index is 11.2. The van der Waals surface area contributed by atoms with Crippen molar-refractivity contribution < 1.29 is 4.79 Å². The Bertz CT molecular complexity index is 462. The summed E-state index contributed by atoms with van der Waals surface area (Å²) < 4.78 is 0. The number of carbonyl (C=O) groups is 1. The van der Waals surface area contributed by atoms with Gasteiger partial charge in [0.2, 0.25) is 5.91 Å². The zero-order chi connectivity index (χ0) is 14.8. The van der Waals surface area contributed by atoms with Crippen LogP contribution in [0.25, 0.3) is 0 Å². The Morgan fingerprint density at radius 2 is 2.40 bits per heavy atom. The lowest BCUT2D eigenvalue weighted by Gasteiger charge is -2.36. The molecule has 1 aromatic rings. The van der Waals surface area contributed by atoms with Crippen LogP contribution in [0.2, 0.25) is 0 Å². The van der Waals surface area contributed by atoms with E-state index in [4.69, 9.17) is 5.73 Å². The number of H-pyrrole nitrogens is 1. The number of nitrogens with two attached hydrogens (primary N) is 1. The maximum atomic E-state index is 11.2. The lowest BCUT2D eigenvalue weighted by atomic mass is 9.92. The quantitative estimate of drug-likeness (QED) is 0.775. The molecule has 0 aliphatic carbocycles. The van der Waals surface area contributed by atoms with Crippen LogP contribution in [0, 0.1) is 0 Å². The Balaban J connectivity index is 2.05. The largest absolute Gasteiger partial charge is 0.324 e. The predicted molar refractivity (Wildman–Crippen MR) is 79.6 cm³/mol. The number of aromatic nitrogens is 2. The van der Waals surface area contributed by atoms with Gasteiger partial charge in [-0.2, -0.15) is 5.10 Å². The van der Waals surface area contributed by atoms with Gasteiger partial charge in [0.15, 0.2) is 0 Å². The summed E-state index contributed by atoms with van der Waals surface area (Å²) in [7, 11) is 0. The average molecular weight is 279 g/mol. The maximum Gasteiger partial charge on any atom is 0.221 e. The summed E-state index contributed by atoms with van der Waals surface area (Å²) in [5.41, 5.74) is 7.75. The summed E-state index contributed by atoms with van der Waals surface area (Å²) >= 11 is 0. The molecule has 1 atom stereocenters. The van der Waals surface area contributed by atoms with Crippen molar-refractivity contribution >= 4 is 11.6 Å². The highest BCUT2D eigenvalue weighted by molar-refractivity contribution is 5.89. The number of rotatable bonds is 4. The van der Waals surface area contributed by atoms with Gasteiger partial charge in [0.1, 0.15) is 0 Å². The molecule has 6 nitrogen and oxygen atoms in total. The normalized spacial score (nSPS) is 20.9. The van der Waals surface area contributed by atoms with Crippen molar-refractivity contribution in [2.24, 2.45) is 5.73 Å². The molecule has 0 spiro atoms. The number of hydrogen-bond donors (Lipinski definition) is 3. The van der Waals surface area contributed by atoms with Gasteiger partial charge >= 0.3 is 0 Å². The highest BCUT2D eigenvalue weighted by atomic mass is 16.1. The van der Waals surface area contributed by atoms with E-state index >= 15 is 0 Å². The molecule has 20 heavy (non-hydrogen) atoms. The third-order valence-electron chi connectivity index (χ3n) is 3.52. The molecule has 0 aromatic carbocycles. The average Bonchev–Trinajstić information content (AvgIpc) is 2.74. The number of amides is 1. The predicted octanol–water partition coefficient (Wildman–Crippen LogP) is 1.28. The third kappa shape index (κ3) is 4.05. The zero-order valence-electron chi connectivity index (χ0n) is 12.6. The smallest absolute Gasteiger partial charge is 0.221 e. The number of aromatic amines is 1. The van der Waals surface area contributed by atoms with E-state index in [1.165, 1.54) is 6.92 Å². The van der Waals surface area contributed by atoms with E-state index in [-0.39, 0.29) is 11.4 Å². The lowest BCUT2D eigenvalue weighted by molar-refractivity contribution is -0.114. The second-order valence-electron chi connectivity index (χ2n) is 6.44. The minimum atomic E-state index is -0.184. The Hall–Kier alpha value is -1.40. The Morgan fingerprint density at radius 1 is 1.65 bits per heavy atom. The van der Waals surface area contributed by atoms with Crippen molar-refractivity contribution in [2.75, 3.05) is 25.0 Å². The molecular weight excluding hydrogens is 254 g/mol. The summed E-state index contributed by atoms with van der Waals surface area (Å²) in [6.07, 6.45) is 3.93. The molecule has 0 radical (unpaired) electrons. The fourth-order valence-electron chi connectivity index (χ4n) is 2.91. The van der Waals surface area contributed by atoms with Gasteiger partial charge in [-0.25, -0.2) is 0 Å². The molecule has 112 valence electrons. The number of hydrogen-bond acceptors (Lipinski definition) is 4. The fourth-order valence-corrected chi connectivity index (χ4v) is 2.91. The third-order valence-corrected chi connectivity index (χ3v) is 3.52. The number of likely N-dealkylation sites (tertiary alicyclic amines) is 1. The summed E-state index contributed by atoms with van der Waals surface area (Å²) in [5.74, 6) is 0.304. The van der Waals surface area contributed by atoms with Crippen molar-refractivity contribution in [2.45, 2.75) is 45.1 Å². The SMILES string of the molecule is CC(=O)Nc1cn[nH]c1C1CCCN(CC(C)(C)N)C1. The molecule has 2 heterocycles. The molecule has 1 unspecified atom stereocenters. The van der Waals surface area contributed by atoms with E-state index in [0.29, 0.717) is 5.92 Å². The van der Waals surface area contributed by atoms with Crippen LogP contribution < -0.4 is 11.1 Å². The first-order valence-corrected chi connectivity index (χ1v) is 7.17. The molecule has 1 aromatic heterocycles. The highest BCUT2D eigenvalue weighted by Gasteiger charge is 2.27. The van der Waals surface area contributed by atoms with Crippen molar-refractivity contribution in [1.82, 2.24) is 15.1 Å². The first kappa shape index (κ1) is 15.0. The standard InChI is InChI=1S/C14H25N5O/c1-10(20)17-12-7-16-18-13(12)11-5-4-6-19(8-11)9-14(2,3)15/h7,11H,4-6,8-9,15H2,1-3H3,(H,16,18)(H,17,20). The number of anilines is 1. The van der Waals surface area contributed by atoms with Gasteiger partial charge < -0.3 is 16.0 Å². The second kappa shape index (κ2) is 5.93. The second-order valence-corrected chi connectivity index (χ2v) is 6.44. The minimum Gasteiger partial charge on any atom is -0.324 e. The number of piperidine rings is 1. The summed E-state index contributed by atoms with van der Waals surface area (Å²) in [6, 6.07) is 0. The van der Waals surface area contributed by atoms with E-state index in [2.05, 4.69) is 34.3 Å². The summed E-state index contributed by atoms with van der Waals surface area (Å²) in [6.45, 7) is 8.54. The van der Waals surface area contributed by atoms with Crippen LogP contribution in [0.5, 0.6) is 0 Å². The monoisotopic (exact) mass is 279 g/mol. The van der Waals surface area contributed by atoms with Crippen LogP contribution in [0.15, 0.2) is 6.20 Å². The molecule has 1 aliphatic heterocycles. The van der Waals surface area contributed by atoms with Crippen LogP contribution in [0.4, 0.5) is 5.69 Å². The van der Waals surface area contributed by atoms with Crippen LogP contribution in [0.1, 0.15) is 45.2 Å². The molecule has 1 fully saturated rings. The van der Waals surface area contributed by atoms with E-state index in [0.717, 1.165) is 43.9 Å². The van der Waals surface area contributed by atoms with Crippen LogP contribution in [0.3, 0.4) is 0 Å². The Labute approximate surface area is 120 Å². The van der Waals surface area contributed by atoms with Crippen molar-refractivity contribution in [1.29, 1.82) is 0 Å². The van der Waals surface area contributed by atoms with Gasteiger partial charge in [0.05, 0.1) is 17.6 Å². The fraction of sp³-hybridized carbons (Fsp3) is 0.714. The van der Waals surface area contributed by atoms with Crippen LogP contribution >= 0.6 is 0 Å². The first-order chi connectivity index (χ1) is 9.35. The van der Waals surface area contributed by atoms with E-state index in [9.17, 15) is 4.79 Å². The minimum absolute atomic E-state index is 0.0663. The number of carbonyl (C=O) groups excluding carboxylic acids is 1. The summed E-state index contributed by atoms with van der Waals surface area (Å²) in [4.78, 5) is 13.6. The number of nitrogens with one attached hydrogen (secondary N) is 2. The molecule has 2 rings (SSSR count). The van der Waals surface area contributed by atoms with Gasteiger partial charge in [0.25, 0.3) is 0 Å². The first-order valence-electron chi connectivity index (χ1n) is 7.17. The molecule has 1 saturated heterocycles. The molecule has 6 heteroatoms. The van der Waals surface area contributed by atoms with Gasteiger partial charge in [-0.05, 0) is 33.2 Å². The molecule has 0 bridgehead atoms. The lowest BCUT2D eigenvalue weighted by Crippen LogP contribution is -2.48. The van der Waals surface area contributed by atoms with Crippen LogP contribution in [-0.2, 0) is 4.79 Å². The molecule has 1 amide bonds. The van der Waals surface area contributed by atoms with Gasteiger partial charge in [-0.1, -0.05) is 0 Å². The van der Waals surface area contributed by atoms with Crippen molar-refractivity contribution in [3.05, 3.63) is 11.9 Å². The molecule has 1 aliphatic rings. The van der Waals surface area contributed by atoms with Crippen molar-refractivity contribution in [3.63, 3.8) is 0 Å². The number of nitrogens with zero attached hydrogens (tertiary/aromatic N) is 2. The Morgan fingerprint density at radius 3 is 3.05 bits per heavy atom. The van der Waals surface area contributed by atoms with E-state index in [1.54, 1.807) is 6.20 Å². The molecular formula is C14H25N5O. The topological polar surface area (TPSA) is 87.0 Å². The van der Waals surface area contributed by atoms with Gasteiger partial charge in [0, 0.05) is 31.5 Å². The molecule has 4 N–H and O–H groups in total. The van der Waals surface area contributed by atoms with E-state index in [1.807, 2.05) is 0 Å². The van der Waals surface area contributed by atoms with E-state index < -0.39 is 0 Å². The summed E-state index contributed by atoms with van der Waals surface area (Å²) in [5, 5.41) is 9.95. The van der Waals surface area contributed by atoms with Gasteiger partial charge in [-0.15, -0.1) is 0 Å². The van der Waals surface area contributed by atoms with Gasteiger partial charge in [-0.3, -0.25) is 9.89 Å². The van der Waals surface area contributed by atoms with Crippen molar-refractivity contribution in [3.8, 4) is 0 Å². The zero-order valence-corrected chi connectivity index (χ0v) is 12.6. The molecule has 0 saturated carbocycles. The Kier molecular flexibility index (Phi) is 4.45. The van der Waals surface area contributed by atoms with Crippen LogP contribution in [-0.4, -0.2) is 46.2 Å².